The maximum absolute atomic E-state index is 12.2. The molecule has 2 rings (SSSR count). The zero-order valence-corrected chi connectivity index (χ0v) is 11.2. The van der Waals surface area contributed by atoms with Crippen LogP contribution in [0.25, 0.3) is 0 Å². The van der Waals surface area contributed by atoms with Crippen LogP contribution in [0.15, 0.2) is 60.7 Å². The molecule has 0 unspecified atom stereocenters. The second-order valence-corrected chi connectivity index (χ2v) is 4.60. The van der Waals surface area contributed by atoms with Gasteiger partial charge in [-0.2, -0.15) is 0 Å². The van der Waals surface area contributed by atoms with E-state index in [1.807, 2.05) is 48.5 Å². The number of nitrogens with two attached hydrogens (primary N) is 2. The molecule has 4 N–H and O–H groups in total. The van der Waals surface area contributed by atoms with Crippen LogP contribution in [0, 0.1) is 0 Å². The van der Waals surface area contributed by atoms with E-state index in [4.69, 9.17) is 16.2 Å². The number of hydrogen-bond acceptors (Lipinski definition) is 4. The summed E-state index contributed by atoms with van der Waals surface area (Å²) in [5, 5.41) is 0. The van der Waals surface area contributed by atoms with Gasteiger partial charge in [-0.15, -0.1) is 0 Å². The Morgan fingerprint density at radius 3 is 2.10 bits per heavy atom. The molecular formula is C16H18N2O2. The zero-order chi connectivity index (χ0) is 14.4. The van der Waals surface area contributed by atoms with Crippen molar-refractivity contribution in [1.82, 2.24) is 0 Å². The largest absolute Gasteiger partial charge is 0.459 e. The molecule has 20 heavy (non-hydrogen) atoms. The second-order valence-electron chi connectivity index (χ2n) is 4.60. The van der Waals surface area contributed by atoms with Crippen molar-refractivity contribution in [3.05, 3.63) is 71.8 Å². The fourth-order valence-corrected chi connectivity index (χ4v) is 1.91. The molecule has 4 heteroatoms. The lowest BCUT2D eigenvalue weighted by Crippen LogP contribution is -2.51. The van der Waals surface area contributed by atoms with Crippen LogP contribution in [0.4, 0.5) is 0 Å². The minimum atomic E-state index is -1.31. The maximum atomic E-state index is 12.2. The number of ether oxygens (including phenoxy) is 1. The molecule has 0 spiro atoms. The van der Waals surface area contributed by atoms with Crippen LogP contribution >= 0.6 is 0 Å². The van der Waals surface area contributed by atoms with Gasteiger partial charge in [0.25, 0.3) is 0 Å². The van der Waals surface area contributed by atoms with Crippen LogP contribution in [0.1, 0.15) is 11.1 Å². The van der Waals surface area contributed by atoms with E-state index in [1.54, 1.807) is 12.1 Å². The Morgan fingerprint density at radius 2 is 1.55 bits per heavy atom. The molecule has 104 valence electrons. The number of carbonyl (C=O) groups is 1. The maximum Gasteiger partial charge on any atom is 0.332 e. The van der Waals surface area contributed by atoms with E-state index in [9.17, 15) is 4.79 Å². The third kappa shape index (κ3) is 3.04. The molecule has 0 saturated carbocycles. The molecule has 4 nitrogen and oxygen atoms in total. The molecular weight excluding hydrogens is 252 g/mol. The average Bonchev–Trinajstić information content (AvgIpc) is 2.53. The Bertz CT molecular complexity index is 557. The Kier molecular flexibility index (Phi) is 4.50. The SMILES string of the molecule is NC[C@](N)(C(=O)OCc1ccccc1)c1ccccc1. The van der Waals surface area contributed by atoms with Crippen LogP contribution < -0.4 is 11.5 Å². The summed E-state index contributed by atoms with van der Waals surface area (Å²) in [6.45, 7) is 0.177. The number of carbonyl (C=O) groups excluding carboxylic acids is 1. The molecule has 0 amide bonds. The van der Waals surface area contributed by atoms with Crippen LogP contribution in [0.3, 0.4) is 0 Å². The lowest BCUT2D eigenvalue weighted by atomic mass is 9.91. The van der Waals surface area contributed by atoms with Crippen molar-refractivity contribution in [3.8, 4) is 0 Å². The van der Waals surface area contributed by atoms with Crippen LogP contribution in [0.2, 0.25) is 0 Å². The van der Waals surface area contributed by atoms with Gasteiger partial charge in [-0.1, -0.05) is 60.7 Å². The molecule has 0 aliphatic carbocycles. The minimum absolute atomic E-state index is 0.00929. The van der Waals surface area contributed by atoms with E-state index in [1.165, 1.54) is 0 Å². The van der Waals surface area contributed by atoms with Crippen molar-refractivity contribution in [2.24, 2.45) is 11.5 Å². The van der Waals surface area contributed by atoms with Crippen LogP contribution in [-0.2, 0) is 21.7 Å². The van der Waals surface area contributed by atoms with Crippen LogP contribution in [-0.4, -0.2) is 12.5 Å². The topological polar surface area (TPSA) is 78.3 Å². The predicted molar refractivity (Wildman–Crippen MR) is 77.6 cm³/mol. The summed E-state index contributed by atoms with van der Waals surface area (Å²) in [7, 11) is 0. The highest BCUT2D eigenvalue weighted by Gasteiger charge is 2.36. The van der Waals surface area contributed by atoms with Gasteiger partial charge in [0.1, 0.15) is 6.61 Å². The highest BCUT2D eigenvalue weighted by atomic mass is 16.5. The highest BCUT2D eigenvalue weighted by Crippen LogP contribution is 2.19. The normalized spacial score (nSPS) is 13.5. The lowest BCUT2D eigenvalue weighted by Gasteiger charge is -2.26. The lowest BCUT2D eigenvalue weighted by molar-refractivity contribution is -0.151. The molecule has 0 aliphatic rings. The molecule has 2 aromatic rings. The Hall–Kier alpha value is -2.17. The first-order valence-corrected chi connectivity index (χ1v) is 6.42. The van der Waals surface area contributed by atoms with Gasteiger partial charge < -0.3 is 16.2 Å². The van der Waals surface area contributed by atoms with Crippen LogP contribution in [0.5, 0.6) is 0 Å². The molecule has 0 bridgehead atoms. The predicted octanol–water partition coefficient (Wildman–Crippen LogP) is 1.54. The molecule has 0 saturated heterocycles. The monoisotopic (exact) mass is 270 g/mol. The van der Waals surface area contributed by atoms with Gasteiger partial charge in [0.15, 0.2) is 5.54 Å². The fraction of sp³-hybridized carbons (Fsp3) is 0.188. The van der Waals surface area contributed by atoms with Gasteiger partial charge in [-0.3, -0.25) is 0 Å². The fourth-order valence-electron chi connectivity index (χ4n) is 1.91. The highest BCUT2D eigenvalue weighted by molar-refractivity contribution is 5.82. The number of benzene rings is 2. The molecule has 0 heterocycles. The van der Waals surface area contributed by atoms with E-state index < -0.39 is 11.5 Å². The Labute approximate surface area is 118 Å². The van der Waals surface area contributed by atoms with Gasteiger partial charge in [0, 0.05) is 6.54 Å². The zero-order valence-electron chi connectivity index (χ0n) is 11.2. The third-order valence-corrected chi connectivity index (χ3v) is 3.19. The van der Waals surface area contributed by atoms with Gasteiger partial charge in [-0.05, 0) is 11.1 Å². The molecule has 0 fully saturated rings. The van der Waals surface area contributed by atoms with Crippen molar-refractivity contribution in [2.75, 3.05) is 6.54 Å². The summed E-state index contributed by atoms with van der Waals surface area (Å²) >= 11 is 0. The standard InChI is InChI=1S/C16H18N2O2/c17-12-16(18,14-9-5-2-6-10-14)15(19)20-11-13-7-3-1-4-8-13/h1-10H,11-12,17-18H2/t16-/m1/s1. The van der Waals surface area contributed by atoms with Gasteiger partial charge in [0.05, 0.1) is 0 Å². The summed E-state index contributed by atoms with van der Waals surface area (Å²) in [5.41, 5.74) is 12.1. The average molecular weight is 270 g/mol. The molecule has 0 aliphatic heterocycles. The third-order valence-electron chi connectivity index (χ3n) is 3.19. The van der Waals surface area contributed by atoms with Crippen molar-refractivity contribution in [3.63, 3.8) is 0 Å². The smallest absolute Gasteiger partial charge is 0.332 e. The summed E-state index contributed by atoms with van der Waals surface area (Å²) < 4.78 is 5.29. The first-order chi connectivity index (χ1) is 9.66. The molecule has 0 radical (unpaired) electrons. The summed E-state index contributed by atoms with van der Waals surface area (Å²) in [6.07, 6.45) is 0. The quantitative estimate of drug-likeness (QED) is 0.808. The number of rotatable bonds is 5. The van der Waals surface area contributed by atoms with Crippen molar-refractivity contribution < 1.29 is 9.53 Å². The first kappa shape index (κ1) is 14.2. The van der Waals surface area contributed by atoms with Gasteiger partial charge >= 0.3 is 5.97 Å². The van der Waals surface area contributed by atoms with E-state index in [0.29, 0.717) is 5.56 Å². The van der Waals surface area contributed by atoms with E-state index in [-0.39, 0.29) is 13.2 Å². The second kappa shape index (κ2) is 6.32. The van der Waals surface area contributed by atoms with E-state index in [2.05, 4.69) is 0 Å². The number of hydrogen-bond donors (Lipinski definition) is 2. The van der Waals surface area contributed by atoms with E-state index >= 15 is 0 Å². The Balaban J connectivity index is 2.10. The van der Waals surface area contributed by atoms with Crippen molar-refractivity contribution in [2.45, 2.75) is 12.1 Å². The van der Waals surface area contributed by atoms with Crippen molar-refractivity contribution in [1.29, 1.82) is 0 Å². The van der Waals surface area contributed by atoms with Crippen molar-refractivity contribution >= 4 is 5.97 Å². The molecule has 2 aromatic carbocycles. The summed E-state index contributed by atoms with van der Waals surface area (Å²) in [6, 6.07) is 18.5. The van der Waals surface area contributed by atoms with Gasteiger partial charge in [0.2, 0.25) is 0 Å². The van der Waals surface area contributed by atoms with E-state index in [0.717, 1.165) is 5.56 Å². The molecule has 0 aromatic heterocycles. The summed E-state index contributed by atoms with van der Waals surface area (Å²) in [4.78, 5) is 12.2. The first-order valence-electron chi connectivity index (χ1n) is 6.42. The van der Waals surface area contributed by atoms with Gasteiger partial charge in [-0.25, -0.2) is 4.79 Å². The Morgan fingerprint density at radius 1 is 1.00 bits per heavy atom. The number of esters is 1. The summed E-state index contributed by atoms with van der Waals surface area (Å²) in [5.74, 6) is -0.518. The minimum Gasteiger partial charge on any atom is -0.459 e. The molecule has 1 atom stereocenters.